The minimum atomic E-state index is 0.0899. The molecule has 0 saturated carbocycles. The molecule has 1 N–H and O–H groups in total. The molecule has 0 amide bonds. The fourth-order valence-electron chi connectivity index (χ4n) is 2.01. The van der Waals surface area contributed by atoms with Crippen molar-refractivity contribution >= 4 is 10.9 Å². The van der Waals surface area contributed by atoms with E-state index >= 15 is 0 Å². The highest BCUT2D eigenvalue weighted by atomic mass is 16.5. The average molecular weight is 260 g/mol. The predicted molar refractivity (Wildman–Crippen MR) is 76.1 cm³/mol. The van der Waals surface area contributed by atoms with Gasteiger partial charge in [-0.15, -0.1) is 0 Å². The number of aromatic nitrogens is 1. The van der Waals surface area contributed by atoms with Gasteiger partial charge >= 0.3 is 0 Å². The van der Waals surface area contributed by atoms with Gasteiger partial charge in [-0.05, 0) is 23.8 Å². The summed E-state index contributed by atoms with van der Waals surface area (Å²) >= 11 is 0. The number of pyridine rings is 1. The molecule has 0 radical (unpaired) electrons. The zero-order valence-electron chi connectivity index (χ0n) is 11.4. The molecular weight excluding hydrogens is 240 g/mol. The second kappa shape index (κ2) is 7.19. The molecule has 0 aliphatic carbocycles. The third-order valence-electron chi connectivity index (χ3n) is 3.05. The molecule has 1 unspecified atom stereocenters. The first-order valence-electron chi connectivity index (χ1n) is 6.39. The number of hydrogen-bond donors (Lipinski definition) is 1. The minimum absolute atomic E-state index is 0.0899. The van der Waals surface area contributed by atoms with E-state index in [4.69, 9.17) is 9.47 Å². The number of rotatable bonds is 7. The fourth-order valence-corrected chi connectivity index (χ4v) is 2.01. The van der Waals surface area contributed by atoms with E-state index < -0.39 is 0 Å². The molecule has 4 heteroatoms. The van der Waals surface area contributed by atoms with Crippen LogP contribution in [-0.4, -0.2) is 38.5 Å². The Morgan fingerprint density at radius 2 is 2.16 bits per heavy atom. The normalized spacial score (nSPS) is 12.7. The van der Waals surface area contributed by atoms with Crippen molar-refractivity contribution < 1.29 is 9.47 Å². The van der Waals surface area contributed by atoms with Gasteiger partial charge in [-0.2, -0.15) is 0 Å². The first kappa shape index (κ1) is 13.9. The lowest BCUT2D eigenvalue weighted by Gasteiger charge is -2.15. The van der Waals surface area contributed by atoms with Crippen LogP contribution in [0.25, 0.3) is 10.9 Å². The summed E-state index contributed by atoms with van der Waals surface area (Å²) in [5, 5.41) is 4.55. The summed E-state index contributed by atoms with van der Waals surface area (Å²) in [5.41, 5.74) is 2.27. The zero-order valence-corrected chi connectivity index (χ0v) is 11.4. The van der Waals surface area contributed by atoms with Crippen molar-refractivity contribution in [2.45, 2.75) is 12.6 Å². The summed E-state index contributed by atoms with van der Waals surface area (Å²) in [4.78, 5) is 4.31. The van der Waals surface area contributed by atoms with Crippen LogP contribution in [0.3, 0.4) is 0 Å². The zero-order chi connectivity index (χ0) is 13.5. The van der Waals surface area contributed by atoms with E-state index in [9.17, 15) is 0 Å². The lowest BCUT2D eigenvalue weighted by Crippen LogP contribution is -2.31. The van der Waals surface area contributed by atoms with Gasteiger partial charge in [0.25, 0.3) is 0 Å². The van der Waals surface area contributed by atoms with Crippen molar-refractivity contribution in [2.75, 3.05) is 27.4 Å². The monoisotopic (exact) mass is 260 g/mol. The fraction of sp³-hybridized carbons (Fsp3) is 0.400. The first-order chi connectivity index (χ1) is 9.33. The topological polar surface area (TPSA) is 43.4 Å². The smallest absolute Gasteiger partial charge is 0.0928 e. The number of ether oxygens (including phenoxy) is 2. The molecule has 0 spiro atoms. The molecule has 1 heterocycles. The van der Waals surface area contributed by atoms with Crippen LogP contribution in [0.15, 0.2) is 36.5 Å². The number of fused-ring (bicyclic) bond motifs is 1. The van der Waals surface area contributed by atoms with Crippen LogP contribution in [0, 0.1) is 0 Å². The van der Waals surface area contributed by atoms with Crippen LogP contribution in [0.2, 0.25) is 0 Å². The van der Waals surface area contributed by atoms with Gasteiger partial charge in [0.1, 0.15) is 0 Å². The van der Waals surface area contributed by atoms with E-state index in [1.54, 1.807) is 14.2 Å². The number of hydrogen-bond acceptors (Lipinski definition) is 4. The van der Waals surface area contributed by atoms with E-state index in [-0.39, 0.29) is 6.10 Å². The SMILES string of the molecule is COCC(CNCc1ccc2ncccc2c1)OC. The van der Waals surface area contributed by atoms with E-state index in [2.05, 4.69) is 34.6 Å². The molecule has 2 rings (SSSR count). The van der Waals surface area contributed by atoms with E-state index in [0.717, 1.165) is 18.6 Å². The average Bonchev–Trinajstić information content (AvgIpc) is 2.46. The molecule has 0 bridgehead atoms. The summed E-state index contributed by atoms with van der Waals surface area (Å²) in [6, 6.07) is 10.3. The summed E-state index contributed by atoms with van der Waals surface area (Å²) in [7, 11) is 3.38. The van der Waals surface area contributed by atoms with Crippen LogP contribution < -0.4 is 5.32 Å². The number of benzene rings is 1. The quantitative estimate of drug-likeness (QED) is 0.826. The van der Waals surface area contributed by atoms with Crippen molar-refractivity contribution in [1.82, 2.24) is 10.3 Å². The lowest BCUT2D eigenvalue weighted by atomic mass is 10.1. The standard InChI is InChI=1S/C15H20N2O2/c1-18-11-14(19-2)10-16-9-12-5-6-15-13(8-12)4-3-7-17-15/h3-8,14,16H,9-11H2,1-2H3. The second-order valence-corrected chi connectivity index (χ2v) is 4.47. The lowest BCUT2D eigenvalue weighted by molar-refractivity contribution is 0.0288. The summed E-state index contributed by atoms with van der Waals surface area (Å²) in [6.45, 7) is 2.19. The Morgan fingerprint density at radius 3 is 2.95 bits per heavy atom. The van der Waals surface area contributed by atoms with Gasteiger partial charge < -0.3 is 14.8 Å². The van der Waals surface area contributed by atoms with Gasteiger partial charge in [0, 0.05) is 38.9 Å². The molecule has 102 valence electrons. The Morgan fingerprint density at radius 1 is 1.26 bits per heavy atom. The third kappa shape index (κ3) is 3.99. The molecule has 0 fully saturated rings. The van der Waals surface area contributed by atoms with Crippen molar-refractivity contribution in [3.05, 3.63) is 42.1 Å². The van der Waals surface area contributed by atoms with E-state index in [0.29, 0.717) is 6.61 Å². The van der Waals surface area contributed by atoms with Crippen molar-refractivity contribution in [1.29, 1.82) is 0 Å². The van der Waals surface area contributed by atoms with Crippen LogP contribution in [-0.2, 0) is 16.0 Å². The van der Waals surface area contributed by atoms with E-state index in [1.807, 2.05) is 12.3 Å². The first-order valence-corrected chi connectivity index (χ1v) is 6.39. The molecule has 1 atom stereocenters. The predicted octanol–water partition coefficient (Wildman–Crippen LogP) is 1.99. The molecular formula is C15H20N2O2. The Bertz CT molecular complexity index is 516. The van der Waals surface area contributed by atoms with Gasteiger partial charge in [-0.1, -0.05) is 12.1 Å². The Labute approximate surface area is 113 Å². The molecule has 1 aromatic carbocycles. The third-order valence-corrected chi connectivity index (χ3v) is 3.05. The van der Waals surface area contributed by atoms with Gasteiger partial charge in [-0.25, -0.2) is 0 Å². The molecule has 0 saturated heterocycles. The largest absolute Gasteiger partial charge is 0.382 e. The van der Waals surface area contributed by atoms with E-state index in [1.165, 1.54) is 10.9 Å². The molecule has 4 nitrogen and oxygen atoms in total. The summed E-state index contributed by atoms with van der Waals surface area (Å²) in [5.74, 6) is 0. The van der Waals surface area contributed by atoms with Crippen LogP contribution in [0.4, 0.5) is 0 Å². The molecule has 0 aliphatic rings. The van der Waals surface area contributed by atoms with Gasteiger partial charge in [0.05, 0.1) is 18.2 Å². The van der Waals surface area contributed by atoms with Gasteiger partial charge in [-0.3, -0.25) is 4.98 Å². The Balaban J connectivity index is 1.90. The Hall–Kier alpha value is -1.49. The molecule has 2 aromatic rings. The van der Waals surface area contributed by atoms with Crippen molar-refractivity contribution in [2.24, 2.45) is 0 Å². The number of nitrogens with one attached hydrogen (secondary N) is 1. The molecule has 19 heavy (non-hydrogen) atoms. The highest BCUT2D eigenvalue weighted by molar-refractivity contribution is 5.78. The van der Waals surface area contributed by atoms with Crippen LogP contribution >= 0.6 is 0 Å². The molecule has 0 aliphatic heterocycles. The second-order valence-electron chi connectivity index (χ2n) is 4.47. The van der Waals surface area contributed by atoms with Crippen LogP contribution in [0.1, 0.15) is 5.56 Å². The minimum Gasteiger partial charge on any atom is -0.382 e. The maximum absolute atomic E-state index is 5.30. The number of nitrogens with zero attached hydrogens (tertiary/aromatic N) is 1. The van der Waals surface area contributed by atoms with Gasteiger partial charge in [0.2, 0.25) is 0 Å². The van der Waals surface area contributed by atoms with Crippen molar-refractivity contribution in [3.8, 4) is 0 Å². The van der Waals surface area contributed by atoms with Gasteiger partial charge in [0.15, 0.2) is 0 Å². The number of methoxy groups -OCH3 is 2. The summed E-state index contributed by atoms with van der Waals surface area (Å²) < 4.78 is 10.4. The highest BCUT2D eigenvalue weighted by Crippen LogP contribution is 2.13. The highest BCUT2D eigenvalue weighted by Gasteiger charge is 2.05. The van der Waals surface area contributed by atoms with Crippen LogP contribution in [0.5, 0.6) is 0 Å². The Kier molecular flexibility index (Phi) is 5.27. The summed E-state index contributed by atoms with van der Waals surface area (Å²) in [6.07, 6.45) is 1.90. The maximum atomic E-state index is 5.30. The molecule has 1 aromatic heterocycles. The maximum Gasteiger partial charge on any atom is 0.0928 e. The van der Waals surface area contributed by atoms with Crippen molar-refractivity contribution in [3.63, 3.8) is 0 Å².